The zero-order valence-corrected chi connectivity index (χ0v) is 30.2. The summed E-state index contributed by atoms with van der Waals surface area (Å²) in [7, 11) is -3.67. The molecule has 276 valence electrons. The van der Waals surface area contributed by atoms with Crippen LogP contribution in [0.1, 0.15) is 55.4 Å². The van der Waals surface area contributed by atoms with Crippen LogP contribution >= 0.6 is 0 Å². The number of carboxylic acids is 1. The summed E-state index contributed by atoms with van der Waals surface area (Å²) in [6.45, 7) is 6.91. The van der Waals surface area contributed by atoms with Crippen molar-refractivity contribution in [2.45, 2.75) is 75.7 Å². The smallest absolute Gasteiger partial charge is 0.429 e. The lowest BCUT2D eigenvalue weighted by Crippen LogP contribution is -2.46. The molecule has 14 heteroatoms. The van der Waals surface area contributed by atoms with Crippen molar-refractivity contribution in [1.82, 2.24) is 15.3 Å². The summed E-state index contributed by atoms with van der Waals surface area (Å²) in [6.07, 6.45) is -3.79. The fraction of sp³-hybridized carbons (Fsp3) is 0.395. The molecule has 3 aromatic carbocycles. The largest absolute Gasteiger partial charge is 0.480 e. The lowest BCUT2D eigenvalue weighted by molar-refractivity contribution is -0.198. The molecule has 2 saturated heterocycles. The van der Waals surface area contributed by atoms with Crippen molar-refractivity contribution in [1.29, 1.82) is 0 Å². The van der Waals surface area contributed by atoms with Crippen LogP contribution in [-0.2, 0) is 14.6 Å². The number of sulfone groups is 1. The van der Waals surface area contributed by atoms with Gasteiger partial charge in [-0.15, -0.1) is 0 Å². The van der Waals surface area contributed by atoms with E-state index in [1.165, 1.54) is 30.3 Å². The molecule has 2 aliphatic heterocycles. The number of hydrogen-bond donors (Lipinski definition) is 3. The number of rotatable bonds is 9. The highest BCUT2D eigenvalue weighted by Crippen LogP contribution is 2.46. The first-order valence-electron chi connectivity index (χ1n) is 17.1. The number of aryl methyl sites for hydroxylation is 2. The molecule has 0 amide bonds. The second kappa shape index (κ2) is 14.0. The summed E-state index contributed by atoms with van der Waals surface area (Å²) >= 11 is 0. The number of carbonyl (C=O) groups is 1. The Morgan fingerprint density at radius 2 is 1.71 bits per heavy atom. The average Bonchev–Trinajstić information content (AvgIpc) is 3.45. The quantitative estimate of drug-likeness (QED) is 0.166. The summed E-state index contributed by atoms with van der Waals surface area (Å²) in [5.74, 6) is -1.22. The molecule has 0 radical (unpaired) electrons. The fourth-order valence-corrected chi connectivity index (χ4v) is 8.25. The summed E-state index contributed by atoms with van der Waals surface area (Å²) in [6, 6.07) is 16.9. The molecule has 4 N–H and O–H groups in total. The van der Waals surface area contributed by atoms with Crippen LogP contribution in [0.5, 0.6) is 5.88 Å². The van der Waals surface area contributed by atoms with Gasteiger partial charge in [0.15, 0.2) is 9.84 Å². The van der Waals surface area contributed by atoms with Gasteiger partial charge < -0.3 is 25.8 Å². The van der Waals surface area contributed by atoms with Crippen LogP contribution in [0.4, 0.5) is 24.9 Å². The lowest BCUT2D eigenvalue weighted by Gasteiger charge is -2.43. The van der Waals surface area contributed by atoms with Crippen molar-refractivity contribution >= 4 is 27.6 Å². The molecule has 3 heterocycles. The van der Waals surface area contributed by atoms with E-state index in [2.05, 4.69) is 15.3 Å². The fourth-order valence-electron chi connectivity index (χ4n) is 7.58. The summed E-state index contributed by atoms with van der Waals surface area (Å²) in [4.78, 5) is 22.0. The first-order chi connectivity index (χ1) is 24.5. The van der Waals surface area contributed by atoms with E-state index < -0.39 is 34.1 Å². The van der Waals surface area contributed by atoms with Gasteiger partial charge in [0.1, 0.15) is 11.9 Å². The van der Waals surface area contributed by atoms with Crippen LogP contribution in [-0.4, -0.2) is 67.1 Å². The molecule has 0 aliphatic carbocycles. The highest BCUT2D eigenvalue weighted by Gasteiger charge is 2.50. The third kappa shape index (κ3) is 7.58. The first-order valence-corrected chi connectivity index (χ1v) is 19.0. The molecule has 10 nitrogen and oxygen atoms in total. The predicted octanol–water partition coefficient (Wildman–Crippen LogP) is 6.91. The molecular formula is C38H42F3N5O5S. The van der Waals surface area contributed by atoms with E-state index in [0.29, 0.717) is 43.7 Å². The van der Waals surface area contributed by atoms with Crippen LogP contribution in [0.25, 0.3) is 22.3 Å². The number of nitrogens with zero attached hydrogens (tertiary/aromatic N) is 3. The molecule has 2 aliphatic rings. The van der Waals surface area contributed by atoms with Gasteiger partial charge in [-0.3, -0.25) is 4.79 Å². The first kappa shape index (κ1) is 37.1. The number of nitrogens with two attached hydrogens (primary N) is 1. The number of benzene rings is 3. The number of ether oxygens (including phenoxy) is 1. The average molecular weight is 738 g/mol. The van der Waals surface area contributed by atoms with E-state index in [1.807, 2.05) is 43.9 Å². The molecule has 4 aromatic rings. The van der Waals surface area contributed by atoms with Crippen molar-refractivity contribution in [2.24, 2.45) is 5.41 Å². The second-order valence-corrected chi connectivity index (χ2v) is 16.0. The van der Waals surface area contributed by atoms with E-state index in [1.54, 1.807) is 18.2 Å². The van der Waals surface area contributed by atoms with Gasteiger partial charge in [-0.25, -0.2) is 8.42 Å². The number of nitrogen functional groups attached to an aromatic ring is 1. The third-order valence-corrected chi connectivity index (χ3v) is 11.6. The molecular weight excluding hydrogens is 696 g/mol. The molecule has 52 heavy (non-hydrogen) atoms. The molecule has 2 fully saturated rings. The standard InChI is InChI=1S/C38H42F3N5O5S/c1-5-31-37(21-30(43-31)35(47)48)13-15-46(16-14-37)32-20-33(45-36(42)44-32)51-34(38(39,40)41)28-12-11-25(24-10-9-22(2)23(3)17-24)19-29(28)26-7-6-8-27(18-26)52(4,49)50/h6-12,17-20,30-31,34,43H,5,13-16,21H2,1-4H3,(H,47,48)(H2,42,44,45)/t30?,31?,34-/m1/s1. The van der Waals surface area contributed by atoms with Crippen molar-refractivity contribution in [3.63, 3.8) is 0 Å². The molecule has 3 atom stereocenters. The van der Waals surface area contributed by atoms with Crippen LogP contribution in [0.3, 0.4) is 0 Å². The predicted molar refractivity (Wildman–Crippen MR) is 193 cm³/mol. The molecule has 1 aromatic heterocycles. The Morgan fingerprint density at radius 1 is 1.02 bits per heavy atom. The summed E-state index contributed by atoms with van der Waals surface area (Å²) in [5, 5.41) is 12.9. The number of piperidine rings is 1. The number of alkyl halides is 3. The number of aromatic nitrogens is 2. The molecule has 0 saturated carbocycles. The number of nitrogens with one attached hydrogen (secondary N) is 1. The number of halogens is 3. The second-order valence-electron chi connectivity index (χ2n) is 13.9. The monoisotopic (exact) mass is 737 g/mol. The Balaban J connectivity index is 1.36. The summed E-state index contributed by atoms with van der Waals surface area (Å²) < 4.78 is 76.0. The Kier molecular flexibility index (Phi) is 10.0. The maximum Gasteiger partial charge on any atom is 0.429 e. The third-order valence-electron chi connectivity index (χ3n) is 10.5. The minimum Gasteiger partial charge on any atom is -0.480 e. The van der Waals surface area contributed by atoms with Crippen LogP contribution in [0.15, 0.2) is 71.6 Å². The minimum atomic E-state index is -4.92. The number of hydrogen-bond acceptors (Lipinski definition) is 9. The Morgan fingerprint density at radius 3 is 2.35 bits per heavy atom. The van der Waals surface area contributed by atoms with E-state index in [0.717, 1.165) is 29.4 Å². The Hall–Kier alpha value is -4.69. The number of anilines is 2. The van der Waals surface area contributed by atoms with E-state index in [9.17, 15) is 18.3 Å². The summed E-state index contributed by atoms with van der Waals surface area (Å²) in [5.41, 5.74) is 9.49. The maximum atomic E-state index is 15.1. The van der Waals surface area contributed by atoms with Crippen molar-refractivity contribution in [3.8, 4) is 28.1 Å². The minimum absolute atomic E-state index is 0.0337. The van der Waals surface area contributed by atoms with Gasteiger partial charge in [0.2, 0.25) is 17.9 Å². The maximum absolute atomic E-state index is 15.1. The number of carboxylic acid groups (broad SMARTS) is 1. The van der Waals surface area contributed by atoms with Gasteiger partial charge >= 0.3 is 12.1 Å². The molecule has 2 unspecified atom stereocenters. The van der Waals surface area contributed by atoms with Gasteiger partial charge in [-0.2, -0.15) is 23.1 Å². The topological polar surface area (TPSA) is 148 Å². The molecule has 0 bridgehead atoms. The molecule has 1 spiro atoms. The SMILES string of the molecule is CCC1NC(C(=O)O)CC12CCN(c1cc(O[C@H](c3ccc(-c4ccc(C)c(C)c4)cc3-c3cccc(S(C)(=O)=O)c3)C(F)(F)F)nc(N)n1)CC2. The van der Waals surface area contributed by atoms with Gasteiger partial charge in [0.05, 0.1) is 4.90 Å². The zero-order chi connectivity index (χ0) is 37.6. The highest BCUT2D eigenvalue weighted by atomic mass is 32.2. The Labute approximate surface area is 301 Å². The van der Waals surface area contributed by atoms with E-state index in [-0.39, 0.29) is 44.9 Å². The van der Waals surface area contributed by atoms with E-state index >= 15 is 13.2 Å². The zero-order valence-electron chi connectivity index (χ0n) is 29.4. The van der Waals surface area contributed by atoms with E-state index in [4.69, 9.17) is 10.5 Å². The number of aliphatic carboxylic acids is 1. The van der Waals surface area contributed by atoms with Gasteiger partial charge in [0.25, 0.3) is 0 Å². The normalized spacial score (nSPS) is 19.5. The lowest BCUT2D eigenvalue weighted by atomic mass is 9.71. The van der Waals surface area contributed by atoms with Crippen LogP contribution < -0.4 is 20.7 Å². The van der Waals surface area contributed by atoms with Crippen LogP contribution in [0.2, 0.25) is 0 Å². The van der Waals surface area contributed by atoms with Crippen molar-refractivity contribution in [2.75, 3.05) is 30.0 Å². The van der Waals surface area contributed by atoms with Gasteiger partial charge in [0, 0.05) is 37.0 Å². The van der Waals surface area contributed by atoms with Gasteiger partial charge in [-0.05, 0) is 96.5 Å². The van der Waals surface area contributed by atoms with Crippen molar-refractivity contribution in [3.05, 3.63) is 83.4 Å². The molecule has 6 rings (SSSR count). The highest BCUT2D eigenvalue weighted by molar-refractivity contribution is 7.90. The van der Waals surface area contributed by atoms with Crippen molar-refractivity contribution < 1.29 is 36.2 Å². The Bertz CT molecular complexity index is 2100. The van der Waals surface area contributed by atoms with Crippen LogP contribution in [0, 0.1) is 19.3 Å². The van der Waals surface area contributed by atoms with Gasteiger partial charge in [-0.1, -0.05) is 49.4 Å².